The second kappa shape index (κ2) is 5.26. The molecule has 1 rings (SSSR count). The summed E-state index contributed by atoms with van der Waals surface area (Å²) >= 11 is 0. The third kappa shape index (κ3) is 3.06. The van der Waals surface area contributed by atoms with Gasteiger partial charge in [0.15, 0.2) is 0 Å². The molecule has 0 aliphatic rings. The SMILES string of the molecule is CNC(=O)C(C)NCc1ccc([N+](=O)[O-])o1. The van der Waals surface area contributed by atoms with E-state index in [1.54, 1.807) is 6.92 Å². The van der Waals surface area contributed by atoms with Crippen molar-refractivity contribution < 1.29 is 14.1 Å². The molecule has 0 aliphatic carbocycles. The summed E-state index contributed by atoms with van der Waals surface area (Å²) in [6.07, 6.45) is 0. The molecule has 88 valence electrons. The van der Waals surface area contributed by atoms with Crippen LogP contribution in [0.1, 0.15) is 12.7 Å². The highest BCUT2D eigenvalue weighted by atomic mass is 16.6. The molecule has 0 saturated heterocycles. The number of carbonyl (C=O) groups is 1. The fourth-order valence-corrected chi connectivity index (χ4v) is 1.12. The van der Waals surface area contributed by atoms with Crippen LogP contribution in [0.3, 0.4) is 0 Å². The minimum Gasteiger partial charge on any atom is -0.404 e. The standard InChI is InChI=1S/C9H13N3O4/c1-6(9(13)10-2)11-5-7-3-4-8(16-7)12(14)15/h3-4,6,11H,5H2,1-2H3,(H,10,13). The fourth-order valence-electron chi connectivity index (χ4n) is 1.12. The van der Waals surface area contributed by atoms with Crippen LogP contribution in [0.4, 0.5) is 5.88 Å². The number of hydrogen-bond donors (Lipinski definition) is 2. The lowest BCUT2D eigenvalue weighted by atomic mass is 10.3. The topological polar surface area (TPSA) is 97.4 Å². The van der Waals surface area contributed by atoms with Gasteiger partial charge in [-0.25, -0.2) is 0 Å². The number of nitrogens with one attached hydrogen (secondary N) is 2. The smallest absolute Gasteiger partial charge is 0.404 e. The van der Waals surface area contributed by atoms with Gasteiger partial charge in [0.25, 0.3) is 0 Å². The van der Waals surface area contributed by atoms with Crippen LogP contribution in [-0.2, 0) is 11.3 Å². The van der Waals surface area contributed by atoms with Crippen LogP contribution in [0.2, 0.25) is 0 Å². The summed E-state index contributed by atoms with van der Waals surface area (Å²) in [5.41, 5.74) is 0. The van der Waals surface area contributed by atoms with Crippen LogP contribution in [0, 0.1) is 10.1 Å². The van der Waals surface area contributed by atoms with Crippen LogP contribution in [0.5, 0.6) is 0 Å². The number of nitrogens with zero attached hydrogens (tertiary/aromatic N) is 1. The van der Waals surface area contributed by atoms with Crippen molar-refractivity contribution in [3.63, 3.8) is 0 Å². The highest BCUT2D eigenvalue weighted by Gasteiger charge is 2.14. The van der Waals surface area contributed by atoms with Crippen molar-refractivity contribution >= 4 is 11.8 Å². The molecule has 0 fully saturated rings. The summed E-state index contributed by atoms with van der Waals surface area (Å²) in [5.74, 6) is -0.0343. The van der Waals surface area contributed by atoms with E-state index in [1.807, 2.05) is 0 Å². The van der Waals surface area contributed by atoms with Gasteiger partial charge in [0.2, 0.25) is 5.91 Å². The molecule has 7 heteroatoms. The summed E-state index contributed by atoms with van der Waals surface area (Å²) in [6.45, 7) is 1.96. The molecule has 1 amide bonds. The Morgan fingerprint density at radius 2 is 2.31 bits per heavy atom. The van der Waals surface area contributed by atoms with Crippen molar-refractivity contribution in [1.82, 2.24) is 10.6 Å². The zero-order valence-electron chi connectivity index (χ0n) is 9.02. The minimum absolute atomic E-state index is 0.152. The number of rotatable bonds is 5. The quantitative estimate of drug-likeness (QED) is 0.561. The van der Waals surface area contributed by atoms with Crippen molar-refractivity contribution in [2.24, 2.45) is 0 Å². The van der Waals surface area contributed by atoms with E-state index in [0.717, 1.165) is 0 Å². The summed E-state index contributed by atoms with van der Waals surface area (Å²) in [6, 6.07) is 2.40. The number of amides is 1. The molecule has 1 unspecified atom stereocenters. The molecule has 0 aromatic carbocycles. The van der Waals surface area contributed by atoms with Crippen molar-refractivity contribution in [2.45, 2.75) is 19.5 Å². The lowest BCUT2D eigenvalue weighted by molar-refractivity contribution is -0.402. The molecule has 1 aromatic heterocycles. The van der Waals surface area contributed by atoms with Gasteiger partial charge in [-0.2, -0.15) is 0 Å². The zero-order chi connectivity index (χ0) is 12.1. The van der Waals surface area contributed by atoms with Gasteiger partial charge in [-0.1, -0.05) is 0 Å². The van der Waals surface area contributed by atoms with Crippen LogP contribution in [0.15, 0.2) is 16.5 Å². The van der Waals surface area contributed by atoms with Crippen LogP contribution in [0.25, 0.3) is 0 Å². The zero-order valence-corrected chi connectivity index (χ0v) is 9.02. The first-order chi connectivity index (χ1) is 7.54. The van der Waals surface area contributed by atoms with Gasteiger partial charge in [-0.05, 0) is 13.0 Å². The number of likely N-dealkylation sites (N-methyl/N-ethyl adjacent to an activating group) is 1. The molecule has 7 nitrogen and oxygen atoms in total. The molecule has 1 heterocycles. The van der Waals surface area contributed by atoms with Gasteiger partial charge in [0.05, 0.1) is 18.7 Å². The van der Waals surface area contributed by atoms with Gasteiger partial charge in [-0.15, -0.1) is 0 Å². The number of hydrogen-bond acceptors (Lipinski definition) is 5. The van der Waals surface area contributed by atoms with Crippen molar-refractivity contribution in [2.75, 3.05) is 7.05 Å². The maximum Gasteiger partial charge on any atom is 0.433 e. The first kappa shape index (κ1) is 12.2. The minimum atomic E-state index is -0.605. The Bertz CT molecular complexity index is 388. The lowest BCUT2D eigenvalue weighted by Crippen LogP contribution is -2.40. The van der Waals surface area contributed by atoms with Crippen LogP contribution in [-0.4, -0.2) is 23.9 Å². The Morgan fingerprint density at radius 3 is 2.81 bits per heavy atom. The van der Waals surface area contributed by atoms with E-state index in [2.05, 4.69) is 10.6 Å². The predicted octanol–water partition coefficient (Wildman–Crippen LogP) is 0.412. The second-order valence-corrected chi connectivity index (χ2v) is 3.21. The largest absolute Gasteiger partial charge is 0.433 e. The Morgan fingerprint density at radius 1 is 1.62 bits per heavy atom. The van der Waals surface area contributed by atoms with E-state index in [-0.39, 0.29) is 24.4 Å². The van der Waals surface area contributed by atoms with E-state index in [9.17, 15) is 14.9 Å². The van der Waals surface area contributed by atoms with E-state index >= 15 is 0 Å². The Labute approximate surface area is 92.0 Å². The molecular weight excluding hydrogens is 214 g/mol. The van der Waals surface area contributed by atoms with Crippen molar-refractivity contribution in [3.05, 3.63) is 28.0 Å². The van der Waals surface area contributed by atoms with E-state index in [0.29, 0.717) is 5.76 Å². The molecule has 2 N–H and O–H groups in total. The third-order valence-corrected chi connectivity index (χ3v) is 2.05. The first-order valence-corrected chi connectivity index (χ1v) is 4.72. The van der Waals surface area contributed by atoms with E-state index in [4.69, 9.17) is 4.42 Å². The molecule has 0 bridgehead atoms. The normalized spacial score (nSPS) is 12.1. The second-order valence-electron chi connectivity index (χ2n) is 3.21. The predicted molar refractivity (Wildman–Crippen MR) is 55.7 cm³/mol. The average Bonchev–Trinajstić information content (AvgIpc) is 2.73. The number of carbonyl (C=O) groups excluding carboxylic acids is 1. The van der Waals surface area contributed by atoms with E-state index < -0.39 is 4.92 Å². The summed E-state index contributed by atoms with van der Waals surface area (Å²) < 4.78 is 4.92. The number of furan rings is 1. The summed E-state index contributed by atoms with van der Waals surface area (Å²) in [5, 5.41) is 15.7. The monoisotopic (exact) mass is 227 g/mol. The Kier molecular flexibility index (Phi) is 4.01. The fraction of sp³-hybridized carbons (Fsp3) is 0.444. The lowest BCUT2D eigenvalue weighted by Gasteiger charge is -2.10. The molecule has 0 spiro atoms. The van der Waals surface area contributed by atoms with Crippen molar-refractivity contribution in [1.29, 1.82) is 0 Å². The molecule has 1 aromatic rings. The van der Waals surface area contributed by atoms with Crippen molar-refractivity contribution in [3.8, 4) is 0 Å². The Balaban J connectivity index is 2.48. The average molecular weight is 227 g/mol. The molecular formula is C9H13N3O4. The summed E-state index contributed by atoms with van der Waals surface area (Å²) in [4.78, 5) is 20.9. The van der Waals surface area contributed by atoms with E-state index in [1.165, 1.54) is 19.2 Å². The summed E-state index contributed by atoms with van der Waals surface area (Å²) in [7, 11) is 1.54. The van der Waals surface area contributed by atoms with Gasteiger partial charge < -0.3 is 9.73 Å². The first-order valence-electron chi connectivity index (χ1n) is 4.72. The van der Waals surface area contributed by atoms with Crippen LogP contribution >= 0.6 is 0 Å². The van der Waals surface area contributed by atoms with Gasteiger partial charge >= 0.3 is 5.88 Å². The molecule has 0 radical (unpaired) electrons. The molecule has 16 heavy (non-hydrogen) atoms. The molecule has 1 atom stereocenters. The van der Waals surface area contributed by atoms with Gasteiger partial charge in [0, 0.05) is 7.05 Å². The molecule has 0 aliphatic heterocycles. The highest BCUT2D eigenvalue weighted by Crippen LogP contribution is 2.15. The maximum absolute atomic E-state index is 11.1. The Hall–Kier alpha value is -1.89. The number of nitro groups is 1. The highest BCUT2D eigenvalue weighted by molar-refractivity contribution is 5.80. The maximum atomic E-state index is 11.1. The third-order valence-electron chi connectivity index (χ3n) is 2.05. The van der Waals surface area contributed by atoms with Gasteiger partial charge in [0.1, 0.15) is 10.7 Å². The van der Waals surface area contributed by atoms with Crippen LogP contribution < -0.4 is 10.6 Å². The van der Waals surface area contributed by atoms with Gasteiger partial charge in [-0.3, -0.25) is 20.2 Å². The molecule has 0 saturated carbocycles.